The Morgan fingerprint density at radius 1 is 1.20 bits per heavy atom. The number of ether oxygens (including phenoxy) is 1. The molecule has 0 aliphatic carbocycles. The lowest BCUT2D eigenvalue weighted by atomic mass is 10.2. The van der Waals surface area contributed by atoms with Crippen molar-refractivity contribution in [1.82, 2.24) is 4.98 Å². The van der Waals surface area contributed by atoms with Gasteiger partial charge in [-0.3, -0.25) is 0 Å². The van der Waals surface area contributed by atoms with Gasteiger partial charge in [-0.15, -0.1) is 0 Å². The van der Waals surface area contributed by atoms with Crippen molar-refractivity contribution in [3.8, 4) is 11.8 Å². The number of nitriles is 1. The predicted molar refractivity (Wildman–Crippen MR) is 78.5 cm³/mol. The number of hydrogen-bond acceptors (Lipinski definition) is 4. The van der Waals surface area contributed by atoms with Gasteiger partial charge in [-0.1, -0.05) is 12.1 Å². The Morgan fingerprint density at radius 2 is 1.95 bits per heavy atom. The van der Waals surface area contributed by atoms with Crippen LogP contribution in [0.15, 0.2) is 42.6 Å². The maximum absolute atomic E-state index is 8.68. The maximum Gasteiger partial charge on any atom is 0.140 e. The summed E-state index contributed by atoms with van der Waals surface area (Å²) in [6.45, 7) is 4.72. The van der Waals surface area contributed by atoms with E-state index in [2.05, 4.69) is 10.3 Å². The van der Waals surface area contributed by atoms with Crippen molar-refractivity contribution >= 4 is 5.69 Å². The highest BCUT2D eigenvalue weighted by atomic mass is 16.5. The topological polar surface area (TPSA) is 57.9 Å². The van der Waals surface area contributed by atoms with Gasteiger partial charge in [0, 0.05) is 6.54 Å². The lowest BCUT2D eigenvalue weighted by Crippen LogP contribution is -2.05. The first-order valence-electron chi connectivity index (χ1n) is 6.53. The van der Waals surface area contributed by atoms with E-state index >= 15 is 0 Å². The number of pyridine rings is 1. The van der Waals surface area contributed by atoms with Crippen LogP contribution in [-0.2, 0) is 6.54 Å². The number of aromatic nitrogens is 1. The van der Waals surface area contributed by atoms with E-state index in [0.717, 1.165) is 17.0 Å². The average molecular weight is 267 g/mol. The molecule has 2 rings (SSSR count). The SMILES string of the molecule is CC(C)Oc1ccc(CNc2ccc(C#N)nc2)cc1. The molecule has 0 bridgehead atoms. The summed E-state index contributed by atoms with van der Waals surface area (Å²) in [4.78, 5) is 4.01. The summed E-state index contributed by atoms with van der Waals surface area (Å²) < 4.78 is 5.60. The minimum absolute atomic E-state index is 0.184. The van der Waals surface area contributed by atoms with Crippen LogP contribution in [0.1, 0.15) is 25.1 Å². The molecule has 1 N–H and O–H groups in total. The highest BCUT2D eigenvalue weighted by molar-refractivity contribution is 5.43. The zero-order valence-electron chi connectivity index (χ0n) is 11.6. The highest BCUT2D eigenvalue weighted by Gasteiger charge is 1.99. The average Bonchev–Trinajstić information content (AvgIpc) is 2.46. The summed E-state index contributed by atoms with van der Waals surface area (Å²) in [5, 5.41) is 11.9. The molecule has 4 nitrogen and oxygen atoms in total. The van der Waals surface area contributed by atoms with Crippen molar-refractivity contribution in [3.05, 3.63) is 53.9 Å². The van der Waals surface area contributed by atoms with E-state index in [1.165, 1.54) is 0 Å². The molecular weight excluding hydrogens is 250 g/mol. The molecule has 4 heteroatoms. The minimum atomic E-state index is 0.184. The summed E-state index contributed by atoms with van der Waals surface area (Å²) in [7, 11) is 0. The molecule has 0 atom stereocenters. The smallest absolute Gasteiger partial charge is 0.140 e. The van der Waals surface area contributed by atoms with Crippen molar-refractivity contribution in [2.24, 2.45) is 0 Å². The van der Waals surface area contributed by atoms with Crippen LogP contribution in [0, 0.1) is 11.3 Å². The van der Waals surface area contributed by atoms with Gasteiger partial charge in [0.1, 0.15) is 17.5 Å². The Bertz CT molecular complexity index is 583. The van der Waals surface area contributed by atoms with Crippen LogP contribution in [0.25, 0.3) is 0 Å². The third kappa shape index (κ3) is 3.99. The minimum Gasteiger partial charge on any atom is -0.491 e. The van der Waals surface area contributed by atoms with Crippen molar-refractivity contribution in [3.63, 3.8) is 0 Å². The summed E-state index contributed by atoms with van der Waals surface area (Å²) >= 11 is 0. The van der Waals surface area contributed by atoms with E-state index in [-0.39, 0.29) is 6.10 Å². The van der Waals surface area contributed by atoms with Crippen molar-refractivity contribution in [1.29, 1.82) is 5.26 Å². The van der Waals surface area contributed by atoms with Gasteiger partial charge >= 0.3 is 0 Å². The second-order valence-electron chi connectivity index (χ2n) is 4.71. The van der Waals surface area contributed by atoms with Gasteiger partial charge in [0.2, 0.25) is 0 Å². The zero-order valence-corrected chi connectivity index (χ0v) is 11.6. The van der Waals surface area contributed by atoms with E-state index in [0.29, 0.717) is 12.2 Å². The fourth-order valence-corrected chi connectivity index (χ4v) is 1.73. The predicted octanol–water partition coefficient (Wildman–Crippen LogP) is 3.35. The number of benzene rings is 1. The second-order valence-corrected chi connectivity index (χ2v) is 4.71. The lowest BCUT2D eigenvalue weighted by molar-refractivity contribution is 0.242. The van der Waals surface area contributed by atoms with Gasteiger partial charge in [0.25, 0.3) is 0 Å². The first-order valence-corrected chi connectivity index (χ1v) is 6.53. The van der Waals surface area contributed by atoms with Crippen LogP contribution in [-0.4, -0.2) is 11.1 Å². The zero-order chi connectivity index (χ0) is 14.4. The first kappa shape index (κ1) is 13.9. The van der Waals surface area contributed by atoms with Gasteiger partial charge in [-0.05, 0) is 43.7 Å². The standard InChI is InChI=1S/C16H17N3O/c1-12(2)20-16-7-3-13(4-8-16)10-18-15-6-5-14(9-17)19-11-15/h3-8,11-12,18H,10H2,1-2H3. The Kier molecular flexibility index (Phi) is 4.56. The quantitative estimate of drug-likeness (QED) is 0.902. The Morgan fingerprint density at radius 3 is 2.50 bits per heavy atom. The van der Waals surface area contributed by atoms with Crippen molar-refractivity contribution in [2.75, 3.05) is 5.32 Å². The third-order valence-electron chi connectivity index (χ3n) is 2.67. The van der Waals surface area contributed by atoms with E-state index in [1.54, 1.807) is 12.3 Å². The van der Waals surface area contributed by atoms with Crippen LogP contribution in [0.3, 0.4) is 0 Å². The number of nitrogens with zero attached hydrogens (tertiary/aromatic N) is 2. The van der Waals surface area contributed by atoms with Gasteiger partial charge < -0.3 is 10.1 Å². The number of rotatable bonds is 5. The van der Waals surface area contributed by atoms with Crippen LogP contribution in [0.2, 0.25) is 0 Å². The van der Waals surface area contributed by atoms with Gasteiger partial charge in [-0.25, -0.2) is 4.98 Å². The van der Waals surface area contributed by atoms with Crippen molar-refractivity contribution < 1.29 is 4.74 Å². The molecule has 102 valence electrons. The van der Waals surface area contributed by atoms with Crippen LogP contribution >= 0.6 is 0 Å². The van der Waals surface area contributed by atoms with Crippen LogP contribution in [0.5, 0.6) is 5.75 Å². The monoisotopic (exact) mass is 267 g/mol. The van der Waals surface area contributed by atoms with Gasteiger partial charge in [0.05, 0.1) is 18.0 Å². The largest absolute Gasteiger partial charge is 0.491 e. The Hall–Kier alpha value is -2.54. The lowest BCUT2D eigenvalue weighted by Gasteiger charge is -2.10. The molecule has 0 unspecified atom stereocenters. The van der Waals surface area contributed by atoms with E-state index < -0.39 is 0 Å². The molecule has 0 spiro atoms. The Labute approximate surface area is 119 Å². The summed E-state index contributed by atoms with van der Waals surface area (Å²) in [6, 6.07) is 13.5. The Balaban J connectivity index is 1.91. The van der Waals surface area contributed by atoms with Crippen LogP contribution in [0.4, 0.5) is 5.69 Å². The summed E-state index contributed by atoms with van der Waals surface area (Å²) in [5.74, 6) is 0.879. The molecule has 1 aromatic carbocycles. The molecule has 0 saturated heterocycles. The summed E-state index contributed by atoms with van der Waals surface area (Å²) in [5.41, 5.74) is 2.47. The molecule has 0 fully saturated rings. The molecule has 0 aliphatic rings. The molecule has 0 aliphatic heterocycles. The molecule has 2 aromatic rings. The number of anilines is 1. The molecule has 0 radical (unpaired) electrons. The van der Waals surface area contributed by atoms with Crippen molar-refractivity contribution in [2.45, 2.75) is 26.5 Å². The fourth-order valence-electron chi connectivity index (χ4n) is 1.73. The van der Waals surface area contributed by atoms with E-state index in [1.807, 2.05) is 50.2 Å². The molecule has 20 heavy (non-hydrogen) atoms. The third-order valence-corrected chi connectivity index (χ3v) is 2.67. The molecule has 0 saturated carbocycles. The molecule has 1 heterocycles. The summed E-state index contributed by atoms with van der Waals surface area (Å²) in [6.07, 6.45) is 1.85. The molecule has 0 amide bonds. The first-order chi connectivity index (χ1) is 9.67. The molecular formula is C16H17N3O. The normalized spacial score (nSPS) is 10.1. The van der Waals surface area contributed by atoms with Gasteiger partial charge in [0.15, 0.2) is 0 Å². The molecule has 1 aromatic heterocycles. The fraction of sp³-hybridized carbons (Fsp3) is 0.250. The number of nitrogens with one attached hydrogen (secondary N) is 1. The maximum atomic E-state index is 8.68. The second kappa shape index (κ2) is 6.58. The van der Waals surface area contributed by atoms with Crippen LogP contribution < -0.4 is 10.1 Å². The number of hydrogen-bond donors (Lipinski definition) is 1. The van der Waals surface area contributed by atoms with E-state index in [9.17, 15) is 0 Å². The van der Waals surface area contributed by atoms with E-state index in [4.69, 9.17) is 10.00 Å². The highest BCUT2D eigenvalue weighted by Crippen LogP contribution is 2.15. The van der Waals surface area contributed by atoms with Gasteiger partial charge in [-0.2, -0.15) is 5.26 Å².